The van der Waals surface area contributed by atoms with E-state index >= 15 is 8.78 Å². The van der Waals surface area contributed by atoms with Crippen molar-refractivity contribution in [3.8, 4) is 5.69 Å². The fourth-order valence-corrected chi connectivity index (χ4v) is 9.64. The maximum atomic E-state index is 15.2. The van der Waals surface area contributed by atoms with Gasteiger partial charge in [0.25, 0.3) is 5.56 Å². The molecule has 5 aromatic rings. The molecule has 11 nitrogen and oxygen atoms in total. The normalized spacial score (nSPS) is 21.2. The fraction of sp³-hybridized carbons (Fsp3) is 0.395. The summed E-state index contributed by atoms with van der Waals surface area (Å²) in [6, 6.07) is 15.0. The Kier molecular flexibility index (Phi) is 9.35. The number of nitrogens with one attached hydrogen (secondary N) is 1. The lowest BCUT2D eigenvalue weighted by Gasteiger charge is -2.41. The predicted octanol–water partition coefficient (Wildman–Crippen LogP) is 6.36. The second kappa shape index (κ2) is 14.3. The Bertz CT molecular complexity index is 2480. The van der Waals surface area contributed by atoms with Crippen LogP contribution in [0.3, 0.4) is 0 Å². The zero-order valence-corrected chi connectivity index (χ0v) is 32.8. The first-order valence-electron chi connectivity index (χ1n) is 19.6. The average molecular weight is 793 g/mol. The van der Waals surface area contributed by atoms with E-state index in [1.165, 1.54) is 12.1 Å². The van der Waals surface area contributed by atoms with Crippen molar-refractivity contribution in [2.75, 3.05) is 42.5 Å². The molecule has 14 heteroatoms. The second-order valence-electron chi connectivity index (χ2n) is 16.3. The molecule has 2 amide bonds. The zero-order valence-electron chi connectivity index (χ0n) is 32.1. The molecule has 294 valence electrons. The van der Waals surface area contributed by atoms with Gasteiger partial charge in [-0.3, -0.25) is 34.2 Å². The van der Waals surface area contributed by atoms with Crippen molar-refractivity contribution in [2.45, 2.75) is 76.3 Å². The molecule has 57 heavy (non-hydrogen) atoms. The van der Waals surface area contributed by atoms with Gasteiger partial charge in [-0.2, -0.15) is 4.98 Å². The highest BCUT2D eigenvalue weighted by atomic mass is 35.5. The molecular weight excluding hydrogens is 750 g/mol. The number of carbonyl (C=O) groups excluding carboxylic acids is 2. The van der Waals surface area contributed by atoms with Crippen LogP contribution in [0.15, 0.2) is 65.7 Å². The number of hydrogen-bond acceptors (Lipinski definition) is 9. The van der Waals surface area contributed by atoms with Crippen LogP contribution in [0.5, 0.6) is 0 Å². The topological polar surface area (TPSA) is 117 Å². The molecule has 2 aromatic heterocycles. The standard InChI is InChI=1S/C43H43ClF2N8O3/c1-24-22-51(15-16-53(24)28-7-9-30-35(19-28)54-34-6-4-5-31(44)39(34)41(57)50-42(54)43(30,2)3)23-27-20-48-36(21-47-27)52-13-11-25(12-14-52)26-17-32(45)38(33(46)18-26)29-8-10-37(55)49-40(29)56/h4-7,9,17-21,24-25,29H,8,10-16,22-23H2,1-3H3,(H,49,55,56)/t24-,29?/m0/s1. The van der Waals surface area contributed by atoms with Gasteiger partial charge in [-0.25, -0.2) is 13.8 Å². The van der Waals surface area contributed by atoms with E-state index in [1.54, 1.807) is 6.07 Å². The number of nitrogens with zero attached hydrogens (tertiary/aromatic N) is 7. The fourth-order valence-electron chi connectivity index (χ4n) is 9.39. The molecule has 3 fully saturated rings. The molecule has 6 heterocycles. The van der Waals surface area contributed by atoms with Crippen LogP contribution in [0, 0.1) is 11.6 Å². The molecule has 0 bridgehead atoms. The van der Waals surface area contributed by atoms with Crippen molar-refractivity contribution < 1.29 is 18.4 Å². The Morgan fingerprint density at radius 1 is 0.930 bits per heavy atom. The number of carbonyl (C=O) groups is 2. The number of amides is 2. The molecule has 0 saturated carbocycles. The highest BCUT2D eigenvalue weighted by Crippen LogP contribution is 2.45. The summed E-state index contributed by atoms with van der Waals surface area (Å²) in [5.41, 5.74) is 4.47. The quantitative estimate of drug-likeness (QED) is 0.196. The first-order chi connectivity index (χ1) is 27.4. The van der Waals surface area contributed by atoms with E-state index in [-0.39, 0.29) is 35.9 Å². The number of fused-ring (bicyclic) bond motifs is 5. The summed E-state index contributed by atoms with van der Waals surface area (Å²) < 4.78 is 32.5. The molecular formula is C43H43ClF2N8O3. The monoisotopic (exact) mass is 792 g/mol. The molecule has 0 aliphatic carbocycles. The van der Waals surface area contributed by atoms with Gasteiger partial charge in [0, 0.05) is 63.0 Å². The lowest BCUT2D eigenvalue weighted by Crippen LogP contribution is -2.51. The van der Waals surface area contributed by atoms with Crippen LogP contribution >= 0.6 is 11.6 Å². The third kappa shape index (κ3) is 6.54. The molecule has 0 radical (unpaired) electrons. The predicted molar refractivity (Wildman–Crippen MR) is 214 cm³/mol. The van der Waals surface area contributed by atoms with Crippen molar-refractivity contribution >= 4 is 45.8 Å². The van der Waals surface area contributed by atoms with Crippen LogP contribution in [0.1, 0.15) is 86.5 Å². The van der Waals surface area contributed by atoms with Gasteiger partial charge in [-0.1, -0.05) is 23.7 Å². The van der Waals surface area contributed by atoms with E-state index in [9.17, 15) is 14.4 Å². The minimum atomic E-state index is -1.01. The van der Waals surface area contributed by atoms with E-state index in [0.717, 1.165) is 53.6 Å². The summed E-state index contributed by atoms with van der Waals surface area (Å²) >= 11 is 6.50. The number of rotatable bonds is 6. The van der Waals surface area contributed by atoms with E-state index < -0.39 is 34.8 Å². The van der Waals surface area contributed by atoms with Crippen molar-refractivity contribution in [2.24, 2.45) is 0 Å². The van der Waals surface area contributed by atoms with Gasteiger partial charge < -0.3 is 9.80 Å². The molecule has 9 rings (SSSR count). The molecule has 4 aliphatic rings. The average Bonchev–Trinajstić information content (AvgIpc) is 3.41. The van der Waals surface area contributed by atoms with Crippen LogP contribution in [0.2, 0.25) is 5.02 Å². The first kappa shape index (κ1) is 37.3. The SMILES string of the molecule is C[C@H]1CN(Cc2cnc(N3CCC(c4cc(F)c(C5CCC(=O)NC5=O)c(F)c4)CC3)cn2)CCN1c1ccc2c(c1)-n1c(nc(=O)c3c(Cl)cccc31)C2(C)C. The maximum absolute atomic E-state index is 15.2. The smallest absolute Gasteiger partial charge is 0.282 e. The number of aromatic nitrogens is 4. The summed E-state index contributed by atoms with van der Waals surface area (Å²) in [6.45, 7) is 11.0. The van der Waals surface area contributed by atoms with Crippen molar-refractivity contribution in [1.29, 1.82) is 0 Å². The Balaban J connectivity index is 0.825. The van der Waals surface area contributed by atoms with Gasteiger partial charge in [0.15, 0.2) is 0 Å². The maximum Gasteiger partial charge on any atom is 0.282 e. The number of halogens is 3. The van der Waals surface area contributed by atoms with Crippen LogP contribution in [0.25, 0.3) is 16.6 Å². The Morgan fingerprint density at radius 3 is 2.40 bits per heavy atom. The van der Waals surface area contributed by atoms with E-state index in [1.807, 2.05) is 24.5 Å². The van der Waals surface area contributed by atoms with Crippen LogP contribution in [0.4, 0.5) is 20.3 Å². The molecule has 3 aromatic carbocycles. The van der Waals surface area contributed by atoms with Gasteiger partial charge in [0.1, 0.15) is 23.3 Å². The van der Waals surface area contributed by atoms with E-state index in [0.29, 0.717) is 54.3 Å². The largest absolute Gasteiger partial charge is 0.366 e. The molecule has 4 aliphatic heterocycles. The van der Waals surface area contributed by atoms with Crippen LogP contribution < -0.4 is 20.7 Å². The Morgan fingerprint density at radius 2 is 1.70 bits per heavy atom. The van der Waals surface area contributed by atoms with Gasteiger partial charge in [-0.05, 0) is 93.5 Å². The molecule has 1 unspecified atom stereocenters. The van der Waals surface area contributed by atoms with Crippen LogP contribution in [-0.4, -0.2) is 75.0 Å². The summed E-state index contributed by atoms with van der Waals surface area (Å²) in [7, 11) is 0. The summed E-state index contributed by atoms with van der Waals surface area (Å²) in [6.07, 6.45) is 5.19. The van der Waals surface area contributed by atoms with Gasteiger partial charge in [0.2, 0.25) is 11.8 Å². The molecule has 3 saturated heterocycles. The van der Waals surface area contributed by atoms with Gasteiger partial charge >= 0.3 is 0 Å². The van der Waals surface area contributed by atoms with Gasteiger partial charge in [-0.15, -0.1) is 0 Å². The van der Waals surface area contributed by atoms with Crippen LogP contribution in [-0.2, 0) is 21.5 Å². The number of benzene rings is 3. The summed E-state index contributed by atoms with van der Waals surface area (Å²) in [4.78, 5) is 57.9. The summed E-state index contributed by atoms with van der Waals surface area (Å²) in [5.74, 6) is -2.11. The minimum absolute atomic E-state index is 0.0322. The first-order valence-corrected chi connectivity index (χ1v) is 20.0. The molecule has 1 N–H and O–H groups in total. The number of hydrogen-bond donors (Lipinski definition) is 1. The highest BCUT2D eigenvalue weighted by molar-refractivity contribution is 6.35. The number of piperidine rings is 2. The Labute approximate surface area is 333 Å². The lowest BCUT2D eigenvalue weighted by atomic mass is 9.85. The molecule has 2 atom stereocenters. The third-order valence-corrected chi connectivity index (χ3v) is 12.7. The van der Waals surface area contributed by atoms with E-state index in [2.05, 4.69) is 68.5 Å². The number of anilines is 2. The van der Waals surface area contributed by atoms with Crippen molar-refractivity contribution in [1.82, 2.24) is 29.7 Å². The van der Waals surface area contributed by atoms with Crippen molar-refractivity contribution in [3.63, 3.8) is 0 Å². The van der Waals surface area contributed by atoms with Crippen molar-refractivity contribution in [3.05, 3.63) is 116 Å². The number of imide groups is 1. The lowest BCUT2D eigenvalue weighted by molar-refractivity contribution is -0.134. The van der Waals surface area contributed by atoms with E-state index in [4.69, 9.17) is 21.6 Å². The number of piperazine rings is 1. The summed E-state index contributed by atoms with van der Waals surface area (Å²) in [5, 5.41) is 3.02. The highest BCUT2D eigenvalue weighted by Gasteiger charge is 2.40. The van der Waals surface area contributed by atoms with Gasteiger partial charge in [0.05, 0.1) is 51.0 Å². The second-order valence-corrected chi connectivity index (χ2v) is 16.8. The Hall–Kier alpha value is -5.27. The minimum Gasteiger partial charge on any atom is -0.366 e. The third-order valence-electron chi connectivity index (χ3n) is 12.4. The molecule has 0 spiro atoms. The zero-order chi connectivity index (χ0) is 39.7.